The summed E-state index contributed by atoms with van der Waals surface area (Å²) in [5, 5.41) is 0. The van der Waals surface area contributed by atoms with Crippen LogP contribution in [0.1, 0.15) is 68.2 Å². The lowest BCUT2D eigenvalue weighted by Crippen LogP contribution is -2.40. The van der Waals surface area contributed by atoms with Crippen molar-refractivity contribution in [3.05, 3.63) is 166 Å². The van der Waals surface area contributed by atoms with Gasteiger partial charge in [0, 0.05) is 36.6 Å². The second-order valence-corrected chi connectivity index (χ2v) is 25.1. The number of nitrogens with zero attached hydrogens (tertiary/aromatic N) is 2. The minimum Gasteiger partial charge on any atom is -0.264 e. The van der Waals surface area contributed by atoms with Gasteiger partial charge < -0.3 is 0 Å². The molecule has 6 bridgehead atoms. The highest BCUT2D eigenvalue weighted by Gasteiger charge is 2.52. The van der Waals surface area contributed by atoms with E-state index in [2.05, 4.69) is 146 Å². The molecule has 0 saturated heterocycles. The first-order valence-corrected chi connectivity index (χ1v) is 23.1. The summed E-state index contributed by atoms with van der Waals surface area (Å²) >= 11 is 0. The van der Waals surface area contributed by atoms with Crippen molar-refractivity contribution >= 4 is 16.1 Å². The molecule has 0 radical (unpaired) electrons. The fourth-order valence-electron chi connectivity index (χ4n) is 8.38. The summed E-state index contributed by atoms with van der Waals surface area (Å²) < 4.78 is 0. The average Bonchev–Trinajstić information content (AvgIpc) is 2.99. The van der Waals surface area contributed by atoms with E-state index in [1.165, 1.54) is 68.7 Å². The minimum atomic E-state index is -1.48. The van der Waals surface area contributed by atoms with E-state index in [-0.39, 0.29) is 0 Å². The highest BCUT2D eigenvalue weighted by molar-refractivity contribution is 6.76. The van der Waals surface area contributed by atoms with E-state index in [0.29, 0.717) is 23.7 Å². The van der Waals surface area contributed by atoms with Crippen LogP contribution in [0.3, 0.4) is 0 Å². The molecule has 4 aliphatic heterocycles. The molecule has 222 valence electrons. The molecule has 1 saturated carbocycles. The number of hydrogen-bond acceptors (Lipinski definition) is 2. The Bertz CT molecular complexity index is 1570. The first-order chi connectivity index (χ1) is 21.2. The van der Waals surface area contributed by atoms with Crippen LogP contribution in [0.25, 0.3) is 0 Å². The molecule has 0 spiro atoms. The van der Waals surface area contributed by atoms with E-state index in [4.69, 9.17) is 0 Å². The number of rotatable bonds is 2. The maximum atomic E-state index is 4.57. The molecular formula is C40H44N2Si2. The highest BCUT2D eigenvalue weighted by Crippen LogP contribution is 2.66. The third-order valence-corrected chi connectivity index (χ3v) is 15.6. The lowest BCUT2D eigenvalue weighted by Gasteiger charge is -2.53. The first kappa shape index (κ1) is 29.1. The van der Waals surface area contributed by atoms with Crippen LogP contribution in [0, 0.1) is 0 Å². The second-order valence-electron chi connectivity index (χ2n) is 15.0. The predicted molar refractivity (Wildman–Crippen MR) is 189 cm³/mol. The fraction of sp³-hybridized carbons (Fsp3) is 0.300. The quantitative estimate of drug-likeness (QED) is 0.187. The zero-order chi connectivity index (χ0) is 30.3. The second kappa shape index (κ2) is 11.7. The van der Waals surface area contributed by atoms with Gasteiger partial charge in [-0.2, -0.15) is 0 Å². The van der Waals surface area contributed by atoms with Crippen molar-refractivity contribution in [3.8, 4) is 0 Å². The number of pyridine rings is 2. The normalized spacial score (nSPS) is 23.9. The maximum absolute atomic E-state index is 4.57. The van der Waals surface area contributed by atoms with Gasteiger partial charge in [0.25, 0.3) is 0 Å². The monoisotopic (exact) mass is 608 g/mol. The van der Waals surface area contributed by atoms with Gasteiger partial charge in [-0.15, -0.1) is 0 Å². The van der Waals surface area contributed by atoms with E-state index >= 15 is 0 Å². The van der Waals surface area contributed by atoms with Crippen molar-refractivity contribution in [1.29, 1.82) is 0 Å². The Hall–Kier alpha value is -3.61. The first-order valence-electron chi connectivity index (χ1n) is 16.3. The molecule has 4 heteroatoms. The largest absolute Gasteiger partial charge is 0.264 e. The molecule has 5 aliphatic rings. The molecule has 2 aromatic heterocycles. The SMILES string of the molecule is C[Si]1(C)Cc2ccc(cc2)C[Si](C)(C)Cc2ccc(cc2)[C@H]2[C@@H](c3ccc(cc3)C1)[C@@H](c1cccnc1)[C@@H]2c1cccnc1. The topological polar surface area (TPSA) is 25.8 Å². The van der Waals surface area contributed by atoms with Crippen molar-refractivity contribution in [2.45, 2.75) is 74.0 Å². The summed E-state index contributed by atoms with van der Waals surface area (Å²) in [6.07, 6.45) is 7.97. The summed E-state index contributed by atoms with van der Waals surface area (Å²) in [6, 6.07) is 42.7. The third-order valence-electron chi connectivity index (χ3n) is 10.2. The maximum Gasteiger partial charge on any atom is 0.0561 e. The Morgan fingerprint density at radius 1 is 0.409 bits per heavy atom. The molecule has 0 N–H and O–H groups in total. The van der Waals surface area contributed by atoms with Gasteiger partial charge in [0.2, 0.25) is 0 Å². The standard InChI is InChI=1S/C40H44N2Si2/c1-43(2)25-29-9-11-30(12-10-29)26-44(3,4)28-32-15-19-34(20-16-32)38-37(33-17-13-31(27-43)14-18-33)39(35-7-5-21-41-23-35)40(38)36-8-6-22-42-24-36/h5-24,37-40H,25-28H2,1-4H3/t37-,38+,39-,40-/m1/s1. The lowest BCUT2D eigenvalue weighted by molar-refractivity contribution is 0.228. The fourth-order valence-corrected chi connectivity index (χ4v) is 14.0. The van der Waals surface area contributed by atoms with E-state index in [1.54, 1.807) is 0 Å². The van der Waals surface area contributed by atoms with Gasteiger partial charge in [0.15, 0.2) is 0 Å². The van der Waals surface area contributed by atoms with Gasteiger partial charge in [0.05, 0.1) is 16.1 Å². The molecule has 0 amide bonds. The van der Waals surface area contributed by atoms with Crippen LogP contribution < -0.4 is 0 Å². The number of hydrogen-bond donors (Lipinski definition) is 0. The summed E-state index contributed by atoms with van der Waals surface area (Å²) in [6.45, 7) is 10.2. The Balaban J connectivity index is 1.34. The van der Waals surface area contributed by atoms with Gasteiger partial charge in [0.1, 0.15) is 0 Å². The van der Waals surface area contributed by atoms with Crippen molar-refractivity contribution in [2.24, 2.45) is 0 Å². The zero-order valence-electron chi connectivity index (χ0n) is 26.6. The van der Waals surface area contributed by atoms with E-state index in [9.17, 15) is 0 Å². The van der Waals surface area contributed by atoms with Crippen LogP contribution in [0.5, 0.6) is 0 Å². The molecule has 10 rings (SSSR count). The van der Waals surface area contributed by atoms with Crippen LogP contribution in [0.4, 0.5) is 0 Å². The van der Waals surface area contributed by atoms with Crippen LogP contribution in [0.15, 0.2) is 122 Å². The van der Waals surface area contributed by atoms with Crippen molar-refractivity contribution in [2.75, 3.05) is 0 Å². The Labute approximate surface area is 265 Å². The van der Waals surface area contributed by atoms with Gasteiger partial charge in [-0.1, -0.05) is 133 Å². The van der Waals surface area contributed by atoms with Gasteiger partial charge in [-0.25, -0.2) is 0 Å². The predicted octanol–water partition coefficient (Wildman–Crippen LogP) is 9.38. The summed E-state index contributed by atoms with van der Waals surface area (Å²) in [5.41, 5.74) is 11.5. The third kappa shape index (κ3) is 6.03. The van der Waals surface area contributed by atoms with Crippen molar-refractivity contribution in [1.82, 2.24) is 9.97 Å². The molecule has 6 heterocycles. The molecule has 3 aromatic carbocycles. The Morgan fingerprint density at radius 3 is 1.00 bits per heavy atom. The van der Waals surface area contributed by atoms with E-state index < -0.39 is 16.1 Å². The Morgan fingerprint density at radius 2 is 0.705 bits per heavy atom. The molecule has 1 aliphatic carbocycles. The smallest absolute Gasteiger partial charge is 0.0561 e. The molecule has 5 aromatic rings. The lowest BCUT2D eigenvalue weighted by atomic mass is 9.49. The van der Waals surface area contributed by atoms with Crippen molar-refractivity contribution in [3.63, 3.8) is 0 Å². The van der Waals surface area contributed by atoms with E-state index in [1.807, 2.05) is 12.4 Å². The van der Waals surface area contributed by atoms with Crippen LogP contribution in [0.2, 0.25) is 26.2 Å². The molecule has 2 nitrogen and oxygen atoms in total. The average molecular weight is 609 g/mol. The van der Waals surface area contributed by atoms with Crippen LogP contribution in [-0.4, -0.2) is 26.1 Å². The molecule has 44 heavy (non-hydrogen) atoms. The molecular weight excluding hydrogens is 565 g/mol. The van der Waals surface area contributed by atoms with Gasteiger partial charge in [-0.05, 0) is 70.4 Å². The summed E-state index contributed by atoms with van der Waals surface area (Å²) in [4.78, 5) is 9.15. The van der Waals surface area contributed by atoms with Crippen LogP contribution >= 0.6 is 0 Å². The van der Waals surface area contributed by atoms with Crippen molar-refractivity contribution < 1.29 is 0 Å². The Kier molecular flexibility index (Phi) is 7.76. The van der Waals surface area contributed by atoms with Crippen LogP contribution in [-0.2, 0) is 24.2 Å². The molecule has 0 unspecified atom stereocenters. The summed E-state index contributed by atoms with van der Waals surface area (Å²) in [7, 11) is -2.95. The molecule has 4 atom stereocenters. The summed E-state index contributed by atoms with van der Waals surface area (Å²) in [5.74, 6) is 1.45. The number of aromatic nitrogens is 2. The molecule has 1 fully saturated rings. The van der Waals surface area contributed by atoms with Gasteiger partial charge >= 0.3 is 0 Å². The minimum absolute atomic E-state index is 0.348. The highest BCUT2D eigenvalue weighted by atomic mass is 28.3. The van der Waals surface area contributed by atoms with Gasteiger partial charge in [-0.3, -0.25) is 9.97 Å². The number of fused-ring (bicyclic) bond motifs is 3. The zero-order valence-corrected chi connectivity index (χ0v) is 28.6. The van der Waals surface area contributed by atoms with E-state index in [0.717, 1.165) is 0 Å². The number of benzene rings is 3.